The quantitative estimate of drug-likeness (QED) is 0.244. The van der Waals surface area contributed by atoms with E-state index in [1.165, 1.54) is 4.90 Å². The number of rotatable bonds is 8. The van der Waals surface area contributed by atoms with Crippen LogP contribution in [0.25, 0.3) is 16.8 Å². The number of hydrogen-bond acceptors (Lipinski definition) is 6. The van der Waals surface area contributed by atoms with Crippen LogP contribution in [0.5, 0.6) is 17.2 Å². The van der Waals surface area contributed by atoms with Gasteiger partial charge in [0.1, 0.15) is 12.4 Å². The lowest BCUT2D eigenvalue weighted by Gasteiger charge is -2.14. The fraction of sp³-hybridized carbons (Fsp3) is 0.200. The van der Waals surface area contributed by atoms with E-state index in [0.29, 0.717) is 23.0 Å². The minimum absolute atomic E-state index is 0.176. The van der Waals surface area contributed by atoms with Crippen molar-refractivity contribution in [3.05, 3.63) is 68.6 Å². The highest BCUT2D eigenvalue weighted by molar-refractivity contribution is 14.1. The van der Waals surface area contributed by atoms with Crippen LogP contribution in [0.1, 0.15) is 12.5 Å². The zero-order chi connectivity index (χ0) is 23.4. The minimum atomic E-state index is -0.325. The fourth-order valence-electron chi connectivity index (χ4n) is 3.52. The van der Waals surface area contributed by atoms with Crippen LogP contribution >= 0.6 is 34.4 Å². The first-order chi connectivity index (χ1) is 16.0. The Morgan fingerprint density at radius 1 is 1.03 bits per heavy atom. The monoisotopic (exact) mass is 575 g/mol. The Morgan fingerprint density at radius 2 is 1.82 bits per heavy atom. The number of amides is 2. The Bertz CT molecular complexity index is 1240. The maximum absolute atomic E-state index is 12.9. The van der Waals surface area contributed by atoms with Gasteiger partial charge in [-0.15, -0.1) is 0 Å². The van der Waals surface area contributed by atoms with Gasteiger partial charge in [0, 0.05) is 5.39 Å². The first-order valence-corrected chi connectivity index (χ1v) is 12.3. The lowest BCUT2D eigenvalue weighted by atomic mass is 10.1. The van der Waals surface area contributed by atoms with E-state index in [9.17, 15) is 9.59 Å². The number of methoxy groups -OCH3 is 1. The molecule has 0 atom stereocenters. The molecule has 170 valence electrons. The molecule has 0 saturated carbocycles. The normalized spacial score (nSPS) is 14.9. The maximum Gasteiger partial charge on any atom is 0.293 e. The molecule has 33 heavy (non-hydrogen) atoms. The first kappa shape index (κ1) is 23.4. The van der Waals surface area contributed by atoms with Gasteiger partial charge in [-0.2, -0.15) is 0 Å². The average molecular weight is 575 g/mol. The summed E-state index contributed by atoms with van der Waals surface area (Å²) in [6.45, 7) is 2.82. The predicted molar refractivity (Wildman–Crippen MR) is 139 cm³/mol. The minimum Gasteiger partial charge on any atom is -0.493 e. The van der Waals surface area contributed by atoms with Crippen LogP contribution in [0.15, 0.2) is 59.5 Å². The molecule has 6 nitrogen and oxygen atoms in total. The van der Waals surface area contributed by atoms with Crippen molar-refractivity contribution in [1.82, 2.24) is 4.90 Å². The molecule has 4 rings (SSSR count). The van der Waals surface area contributed by atoms with E-state index in [2.05, 4.69) is 22.6 Å². The summed E-state index contributed by atoms with van der Waals surface area (Å²) < 4.78 is 17.8. The Morgan fingerprint density at radius 3 is 2.61 bits per heavy atom. The van der Waals surface area contributed by atoms with Gasteiger partial charge in [0.15, 0.2) is 11.5 Å². The SMILES string of the molecule is CCOc1c(I)cc(/C=C2\SC(=O)N(CCOc3cccc4ccccc34)C2=O)cc1OC. The zero-order valence-electron chi connectivity index (χ0n) is 18.2. The summed E-state index contributed by atoms with van der Waals surface area (Å²) in [5.74, 6) is 1.65. The van der Waals surface area contributed by atoms with Gasteiger partial charge in [-0.05, 0) is 76.5 Å². The van der Waals surface area contributed by atoms with Gasteiger partial charge in [0.25, 0.3) is 11.1 Å². The zero-order valence-corrected chi connectivity index (χ0v) is 21.1. The van der Waals surface area contributed by atoms with E-state index in [-0.39, 0.29) is 24.3 Å². The summed E-state index contributed by atoms with van der Waals surface area (Å²) in [4.78, 5) is 27.0. The van der Waals surface area contributed by atoms with Crippen LogP contribution in [-0.2, 0) is 4.79 Å². The summed E-state index contributed by atoms with van der Waals surface area (Å²) in [6.07, 6.45) is 1.71. The summed E-state index contributed by atoms with van der Waals surface area (Å²) in [5, 5.41) is 1.76. The summed E-state index contributed by atoms with van der Waals surface area (Å²) >= 11 is 3.10. The molecule has 1 aliphatic heterocycles. The molecule has 1 heterocycles. The van der Waals surface area contributed by atoms with Gasteiger partial charge < -0.3 is 14.2 Å². The molecule has 1 saturated heterocycles. The number of nitrogens with zero attached hydrogens (tertiary/aromatic N) is 1. The largest absolute Gasteiger partial charge is 0.493 e. The number of halogens is 1. The molecule has 3 aromatic rings. The highest BCUT2D eigenvalue weighted by atomic mass is 127. The highest BCUT2D eigenvalue weighted by Gasteiger charge is 2.35. The number of thioether (sulfide) groups is 1. The third-order valence-electron chi connectivity index (χ3n) is 5.03. The maximum atomic E-state index is 12.9. The molecule has 0 unspecified atom stereocenters. The number of hydrogen-bond donors (Lipinski definition) is 0. The third-order valence-corrected chi connectivity index (χ3v) is 6.74. The molecule has 0 aromatic heterocycles. The molecule has 1 aliphatic rings. The molecular formula is C25H22INO5S. The Kier molecular flexibility index (Phi) is 7.44. The van der Waals surface area contributed by atoms with Crippen molar-refractivity contribution >= 4 is 62.3 Å². The van der Waals surface area contributed by atoms with E-state index in [1.807, 2.05) is 55.5 Å². The second kappa shape index (κ2) is 10.5. The number of imide groups is 1. The van der Waals surface area contributed by atoms with Crippen molar-refractivity contribution in [1.29, 1.82) is 0 Å². The van der Waals surface area contributed by atoms with Gasteiger partial charge in [0.2, 0.25) is 0 Å². The van der Waals surface area contributed by atoms with E-state index in [1.54, 1.807) is 19.3 Å². The second-order valence-corrected chi connectivity index (χ2v) is 9.28. The number of benzene rings is 3. The standard InChI is InChI=1S/C25H22INO5S/c1-3-31-23-19(26)13-16(14-21(23)30-2)15-22-24(28)27(25(29)33-22)11-12-32-20-10-6-8-17-7-4-5-9-18(17)20/h4-10,13-15H,3,11-12H2,1-2H3/b22-15-. The van der Waals surface area contributed by atoms with Gasteiger partial charge >= 0.3 is 0 Å². The summed E-state index contributed by atoms with van der Waals surface area (Å²) in [6, 6.07) is 17.4. The molecule has 0 N–H and O–H groups in total. The topological polar surface area (TPSA) is 65.1 Å². The van der Waals surface area contributed by atoms with Crippen LogP contribution in [0.2, 0.25) is 0 Å². The highest BCUT2D eigenvalue weighted by Crippen LogP contribution is 2.37. The predicted octanol–water partition coefficient (Wildman–Crippen LogP) is 5.97. The fourth-order valence-corrected chi connectivity index (χ4v) is 5.17. The second-order valence-electron chi connectivity index (χ2n) is 7.13. The lowest BCUT2D eigenvalue weighted by molar-refractivity contribution is -0.123. The van der Waals surface area contributed by atoms with Crippen molar-refractivity contribution in [2.75, 3.05) is 26.9 Å². The van der Waals surface area contributed by atoms with Crippen LogP contribution in [0.4, 0.5) is 4.79 Å². The van der Waals surface area contributed by atoms with Crippen molar-refractivity contribution < 1.29 is 23.8 Å². The molecule has 0 aliphatic carbocycles. The van der Waals surface area contributed by atoms with Crippen LogP contribution in [0, 0.1) is 3.57 Å². The molecule has 8 heteroatoms. The summed E-state index contributed by atoms with van der Waals surface area (Å²) in [7, 11) is 1.57. The smallest absolute Gasteiger partial charge is 0.293 e. The molecular weight excluding hydrogens is 553 g/mol. The van der Waals surface area contributed by atoms with Crippen molar-refractivity contribution in [3.63, 3.8) is 0 Å². The van der Waals surface area contributed by atoms with Gasteiger partial charge in [-0.3, -0.25) is 14.5 Å². The third kappa shape index (κ3) is 5.11. The van der Waals surface area contributed by atoms with Gasteiger partial charge in [-0.25, -0.2) is 0 Å². The van der Waals surface area contributed by atoms with E-state index >= 15 is 0 Å². The van der Waals surface area contributed by atoms with Crippen molar-refractivity contribution in [3.8, 4) is 17.2 Å². The van der Waals surface area contributed by atoms with Crippen LogP contribution < -0.4 is 14.2 Å². The lowest BCUT2D eigenvalue weighted by Crippen LogP contribution is -2.32. The van der Waals surface area contributed by atoms with Crippen molar-refractivity contribution in [2.45, 2.75) is 6.92 Å². The van der Waals surface area contributed by atoms with Gasteiger partial charge in [0.05, 0.1) is 28.7 Å². The number of ether oxygens (including phenoxy) is 3. The van der Waals surface area contributed by atoms with Crippen LogP contribution in [0.3, 0.4) is 0 Å². The van der Waals surface area contributed by atoms with Crippen molar-refractivity contribution in [2.24, 2.45) is 0 Å². The average Bonchev–Trinajstić information content (AvgIpc) is 3.08. The molecule has 3 aromatic carbocycles. The molecule has 0 spiro atoms. The van der Waals surface area contributed by atoms with E-state index in [4.69, 9.17) is 14.2 Å². The molecule has 0 bridgehead atoms. The van der Waals surface area contributed by atoms with E-state index < -0.39 is 0 Å². The number of carbonyl (C=O) groups is 2. The Balaban J connectivity index is 1.46. The van der Waals surface area contributed by atoms with Crippen LogP contribution in [-0.4, -0.2) is 42.9 Å². The molecule has 0 radical (unpaired) electrons. The summed E-state index contributed by atoms with van der Waals surface area (Å²) in [5.41, 5.74) is 0.761. The Hall–Kier alpha value is -2.72. The molecule has 1 fully saturated rings. The van der Waals surface area contributed by atoms with Gasteiger partial charge in [-0.1, -0.05) is 36.4 Å². The number of fused-ring (bicyclic) bond motifs is 1. The number of carbonyl (C=O) groups excluding carboxylic acids is 2. The van der Waals surface area contributed by atoms with E-state index in [0.717, 1.165) is 37.4 Å². The molecule has 2 amide bonds. The first-order valence-electron chi connectivity index (χ1n) is 10.4. The Labute approximate surface area is 210 Å².